The molecule has 0 saturated heterocycles. The molecule has 30 heavy (non-hydrogen) atoms. The summed E-state index contributed by atoms with van der Waals surface area (Å²) in [5, 5.41) is 20.8. The van der Waals surface area contributed by atoms with E-state index in [2.05, 4.69) is 106 Å². The Hall–Kier alpha value is -0.650. The van der Waals surface area contributed by atoms with Gasteiger partial charge in [0.1, 0.15) is 0 Å². The van der Waals surface area contributed by atoms with E-state index in [4.69, 9.17) is 10.2 Å². The molecule has 0 radical (unpaired) electrons. The van der Waals surface area contributed by atoms with E-state index >= 15 is 0 Å². The normalized spacial score (nSPS) is 9.47. The van der Waals surface area contributed by atoms with E-state index in [0.29, 0.717) is 0 Å². The van der Waals surface area contributed by atoms with Gasteiger partial charge < -0.3 is 10.2 Å². The van der Waals surface area contributed by atoms with Gasteiger partial charge in [-0.2, -0.15) is 12.1 Å². The van der Waals surface area contributed by atoms with Crippen molar-refractivity contribution in [1.29, 1.82) is 0 Å². The molecule has 0 spiro atoms. The van der Waals surface area contributed by atoms with Crippen molar-refractivity contribution >= 4 is 69.1 Å². The topological polar surface area (TPSA) is 40.5 Å². The maximum absolute atomic E-state index is 8.06. The van der Waals surface area contributed by atoms with Gasteiger partial charge in [0.25, 0.3) is 0 Å². The monoisotopic (exact) mass is 624 g/mol. The molecule has 6 heteroatoms. The Morgan fingerprint density at radius 3 is 1.43 bits per heavy atom. The zero-order valence-electron chi connectivity index (χ0n) is 17.8. The summed E-state index contributed by atoms with van der Waals surface area (Å²) in [4.78, 5) is 0. The molecule has 0 heterocycles. The molecule has 0 saturated carbocycles. The van der Waals surface area contributed by atoms with Gasteiger partial charge >= 0.3 is 26.2 Å². The van der Waals surface area contributed by atoms with Crippen LogP contribution in [0, 0.1) is 13.8 Å². The first-order valence-electron chi connectivity index (χ1n) is 9.25. The summed E-state index contributed by atoms with van der Waals surface area (Å²) in [7, 11) is 1.40. The van der Waals surface area contributed by atoms with Crippen LogP contribution < -0.4 is 0 Å². The van der Waals surface area contributed by atoms with Crippen molar-refractivity contribution in [2.75, 3.05) is 0 Å². The fraction of sp³-hybridized carbons (Fsp3) is 0.208. The predicted octanol–water partition coefficient (Wildman–Crippen LogP) is 6.40. The van der Waals surface area contributed by atoms with E-state index in [1.165, 1.54) is 51.5 Å². The molecule has 0 unspecified atom stereocenters. The van der Waals surface area contributed by atoms with Crippen LogP contribution in [0.4, 0.5) is 0 Å². The minimum Gasteiger partial charge on any atom is -0.522 e. The zero-order valence-corrected chi connectivity index (χ0v) is 24.8. The number of benzene rings is 2. The number of aliphatic hydroxyl groups is 2. The molecular weight excluding hydrogens is 599 g/mol. The second-order valence-corrected chi connectivity index (χ2v) is 8.90. The smallest absolute Gasteiger partial charge is 0.522 e. The molecular formula is C24H28Br2O2SiZr. The van der Waals surface area contributed by atoms with Gasteiger partial charge in [0.2, 0.25) is 0 Å². The molecule has 158 valence electrons. The largest absolute Gasteiger partial charge is 2.00 e. The number of fused-ring (bicyclic) bond motifs is 2. The molecule has 4 aromatic rings. The Labute approximate surface area is 218 Å². The van der Waals surface area contributed by atoms with Crippen LogP contribution in [0.1, 0.15) is 25.0 Å². The minimum atomic E-state index is -0.167. The maximum atomic E-state index is 8.06. The second-order valence-electron chi connectivity index (χ2n) is 6.83. The van der Waals surface area contributed by atoms with Gasteiger partial charge in [-0.05, 0) is 22.8 Å². The fourth-order valence-corrected chi connectivity index (χ4v) is 3.68. The molecule has 0 bridgehead atoms. The van der Waals surface area contributed by atoms with Crippen molar-refractivity contribution in [3.63, 3.8) is 0 Å². The molecule has 0 atom stereocenters. The number of aliphatic hydroxyl groups excluding tert-OH is 2. The Morgan fingerprint density at radius 1 is 0.867 bits per heavy atom. The molecule has 0 aliphatic rings. The zero-order chi connectivity index (χ0) is 22.0. The summed E-state index contributed by atoms with van der Waals surface area (Å²) >= 11 is 7.02. The van der Waals surface area contributed by atoms with Crippen molar-refractivity contribution < 1.29 is 36.4 Å². The van der Waals surface area contributed by atoms with Crippen molar-refractivity contribution in [2.24, 2.45) is 0 Å². The fourth-order valence-electron chi connectivity index (χ4n) is 2.69. The molecule has 2 nitrogen and oxygen atoms in total. The van der Waals surface area contributed by atoms with Crippen LogP contribution in [0.15, 0.2) is 69.6 Å². The third-order valence-corrected chi connectivity index (χ3v) is 5.07. The van der Waals surface area contributed by atoms with Crippen LogP contribution in [0.25, 0.3) is 21.5 Å². The van der Waals surface area contributed by atoms with Crippen molar-refractivity contribution in [3.8, 4) is 0 Å². The van der Waals surface area contributed by atoms with Gasteiger partial charge in [-0.15, -0.1) is 69.1 Å². The molecule has 2 N–H and O–H groups in total. The number of rotatable bonds is 0. The number of aryl methyl sites for hydroxylation is 2. The van der Waals surface area contributed by atoms with E-state index in [-0.39, 0.29) is 32.3 Å². The standard InChI is InChI=1S/2C10H8Br.C3H8O.CH4OSi.Zr/c2*1-7-5-8-3-2-4-10(11)9(8)6-7;1-3(2)4;2-1-3;/h2*2-6H,1H3;3-4H,1-2H3;1-2H,3H2;/q2*-1;;;+2. The van der Waals surface area contributed by atoms with Gasteiger partial charge in [-0.3, -0.25) is 0 Å². The average molecular weight is 628 g/mol. The molecule has 4 rings (SSSR count). The van der Waals surface area contributed by atoms with E-state index in [9.17, 15) is 0 Å². The Balaban J connectivity index is 0.000000421. The van der Waals surface area contributed by atoms with Crippen LogP contribution in [0.3, 0.4) is 0 Å². The van der Waals surface area contributed by atoms with Gasteiger partial charge in [0.05, 0.1) is 0 Å². The second kappa shape index (κ2) is 15.2. The van der Waals surface area contributed by atoms with Crippen LogP contribution >= 0.6 is 31.9 Å². The minimum absolute atomic E-state index is 0. The molecule has 0 amide bonds. The van der Waals surface area contributed by atoms with Crippen molar-refractivity contribution in [3.05, 3.63) is 80.7 Å². The number of halogens is 2. The van der Waals surface area contributed by atoms with E-state index in [1.807, 2.05) is 0 Å². The van der Waals surface area contributed by atoms with Crippen molar-refractivity contribution in [2.45, 2.75) is 33.8 Å². The van der Waals surface area contributed by atoms with E-state index < -0.39 is 0 Å². The van der Waals surface area contributed by atoms with Crippen LogP contribution in [-0.2, 0) is 26.2 Å². The SMILES string of the molecule is CC(C)O.Cc1cc2c(Br)cccc2[cH-]1.Cc1cc2c(Br)cccc2[cH-]1.OC=[SiH2].[Zr+2]. The van der Waals surface area contributed by atoms with Gasteiger partial charge in [0, 0.05) is 21.8 Å². The predicted molar refractivity (Wildman–Crippen MR) is 138 cm³/mol. The molecule has 0 aliphatic heterocycles. The summed E-state index contributed by atoms with van der Waals surface area (Å²) in [5.74, 6) is 1.03. The van der Waals surface area contributed by atoms with Crippen LogP contribution in [0.5, 0.6) is 0 Å². The number of hydrogen-bond acceptors (Lipinski definition) is 2. The summed E-state index contributed by atoms with van der Waals surface area (Å²) < 4.78 is 2.37. The molecule has 0 aliphatic carbocycles. The summed E-state index contributed by atoms with van der Waals surface area (Å²) in [6, 6.07) is 21.3. The third-order valence-electron chi connectivity index (χ3n) is 3.68. The first-order chi connectivity index (χ1) is 13.7. The van der Waals surface area contributed by atoms with Gasteiger partial charge in [-0.1, -0.05) is 57.8 Å². The molecule has 0 fully saturated rings. The molecule has 4 aromatic carbocycles. The van der Waals surface area contributed by atoms with Gasteiger partial charge in [0.15, 0.2) is 0 Å². The Bertz CT molecular complexity index is 957. The number of hydrogen-bond donors (Lipinski definition) is 2. The van der Waals surface area contributed by atoms with Gasteiger partial charge in [-0.25, -0.2) is 0 Å². The maximum Gasteiger partial charge on any atom is 2.00 e. The Kier molecular flexibility index (Phi) is 14.9. The summed E-state index contributed by atoms with van der Waals surface area (Å²) in [6.07, 6.45) is -0.167. The summed E-state index contributed by atoms with van der Waals surface area (Å²) in [6.45, 7) is 7.68. The summed E-state index contributed by atoms with van der Waals surface area (Å²) in [5.41, 5.74) is 2.65. The van der Waals surface area contributed by atoms with Crippen molar-refractivity contribution in [1.82, 2.24) is 0 Å². The van der Waals surface area contributed by atoms with Crippen LogP contribution in [0.2, 0.25) is 0 Å². The van der Waals surface area contributed by atoms with E-state index in [1.54, 1.807) is 13.8 Å². The Morgan fingerprint density at radius 2 is 1.17 bits per heavy atom. The average Bonchev–Trinajstić information content (AvgIpc) is 3.19. The van der Waals surface area contributed by atoms with Crippen LogP contribution in [-0.4, -0.2) is 32.0 Å². The third kappa shape index (κ3) is 10.1. The quantitative estimate of drug-likeness (QED) is 0.175. The molecule has 0 aromatic heterocycles. The van der Waals surface area contributed by atoms with E-state index in [0.717, 1.165) is 5.86 Å². The first kappa shape index (κ1) is 29.4. The first-order valence-corrected chi connectivity index (χ1v) is 11.7.